The number of nitriles is 2. The number of aliphatic hydroxyl groups excluding tert-OH is 1. The third kappa shape index (κ3) is 1.64. The van der Waals surface area contributed by atoms with Crippen LogP contribution in [0.3, 0.4) is 0 Å². The summed E-state index contributed by atoms with van der Waals surface area (Å²) in [6, 6.07) is 3.89. The van der Waals surface area contributed by atoms with Crippen LogP contribution in [0.15, 0.2) is 12.2 Å². The Morgan fingerprint density at radius 3 is 2.50 bits per heavy atom. The van der Waals surface area contributed by atoms with Crippen LogP contribution in [-0.4, -0.2) is 11.7 Å². The van der Waals surface area contributed by atoms with Crippen LogP contribution in [0.25, 0.3) is 0 Å². The molecule has 0 aromatic carbocycles. The molecular formula is C9H10N2O. The number of hydrogen-bond donors (Lipinski definition) is 1. The van der Waals surface area contributed by atoms with Crippen molar-refractivity contribution in [2.24, 2.45) is 17.8 Å². The molecule has 0 bridgehead atoms. The Hall–Kier alpha value is -1.32. The Labute approximate surface area is 71.5 Å². The number of hydrogen-bond acceptors (Lipinski definition) is 3. The van der Waals surface area contributed by atoms with Gasteiger partial charge >= 0.3 is 0 Å². The summed E-state index contributed by atoms with van der Waals surface area (Å²) in [6.45, 7) is 0.108. The van der Waals surface area contributed by atoms with Gasteiger partial charge in [-0.1, -0.05) is 12.2 Å². The monoisotopic (exact) mass is 162 g/mol. The van der Waals surface area contributed by atoms with E-state index in [-0.39, 0.29) is 18.4 Å². The molecule has 0 aromatic rings. The van der Waals surface area contributed by atoms with E-state index in [1.807, 2.05) is 24.3 Å². The van der Waals surface area contributed by atoms with E-state index in [0.717, 1.165) is 6.42 Å². The van der Waals surface area contributed by atoms with Crippen molar-refractivity contribution in [3.05, 3.63) is 12.2 Å². The average Bonchev–Trinajstić information content (AvgIpc) is 2.55. The van der Waals surface area contributed by atoms with Crippen molar-refractivity contribution in [2.45, 2.75) is 6.42 Å². The van der Waals surface area contributed by atoms with Crippen LogP contribution in [0.5, 0.6) is 0 Å². The Kier molecular flexibility index (Phi) is 2.85. The minimum Gasteiger partial charge on any atom is -0.396 e. The van der Waals surface area contributed by atoms with Crippen molar-refractivity contribution in [2.75, 3.05) is 6.61 Å². The summed E-state index contributed by atoms with van der Waals surface area (Å²) >= 11 is 0. The second-order valence-electron chi connectivity index (χ2n) is 2.96. The molecule has 0 radical (unpaired) electrons. The molecule has 3 heteroatoms. The van der Waals surface area contributed by atoms with Crippen molar-refractivity contribution < 1.29 is 5.11 Å². The third-order valence-electron chi connectivity index (χ3n) is 2.15. The smallest absolute Gasteiger partial charge is 0.139 e. The van der Waals surface area contributed by atoms with Gasteiger partial charge in [-0.25, -0.2) is 0 Å². The summed E-state index contributed by atoms with van der Waals surface area (Å²) in [6.07, 6.45) is 4.46. The van der Waals surface area contributed by atoms with E-state index >= 15 is 0 Å². The third-order valence-corrected chi connectivity index (χ3v) is 2.15. The molecule has 0 spiro atoms. The Balaban J connectivity index is 2.55. The summed E-state index contributed by atoms with van der Waals surface area (Å²) < 4.78 is 0. The summed E-state index contributed by atoms with van der Waals surface area (Å²) in [7, 11) is 0. The van der Waals surface area contributed by atoms with E-state index < -0.39 is 5.92 Å². The van der Waals surface area contributed by atoms with E-state index in [1.54, 1.807) is 0 Å². The van der Waals surface area contributed by atoms with Crippen LogP contribution in [0.2, 0.25) is 0 Å². The van der Waals surface area contributed by atoms with E-state index in [4.69, 9.17) is 15.6 Å². The van der Waals surface area contributed by atoms with Crippen LogP contribution in [0.1, 0.15) is 6.42 Å². The molecule has 2 unspecified atom stereocenters. The fourth-order valence-electron chi connectivity index (χ4n) is 1.41. The molecule has 62 valence electrons. The van der Waals surface area contributed by atoms with Gasteiger partial charge in [0.25, 0.3) is 0 Å². The molecule has 0 saturated carbocycles. The van der Waals surface area contributed by atoms with Crippen LogP contribution in [0, 0.1) is 40.4 Å². The van der Waals surface area contributed by atoms with Gasteiger partial charge in [-0.05, 0) is 6.42 Å². The zero-order chi connectivity index (χ0) is 8.97. The second-order valence-corrected chi connectivity index (χ2v) is 2.96. The lowest BCUT2D eigenvalue weighted by Gasteiger charge is -2.08. The van der Waals surface area contributed by atoms with Crippen molar-refractivity contribution in [3.8, 4) is 12.1 Å². The van der Waals surface area contributed by atoms with Gasteiger partial charge in [0.1, 0.15) is 5.92 Å². The number of rotatable bonds is 2. The fourth-order valence-corrected chi connectivity index (χ4v) is 1.41. The second kappa shape index (κ2) is 3.90. The first-order valence-electron chi connectivity index (χ1n) is 3.90. The van der Waals surface area contributed by atoms with Gasteiger partial charge in [0, 0.05) is 18.4 Å². The van der Waals surface area contributed by atoms with Crippen LogP contribution < -0.4 is 0 Å². The lowest BCUT2D eigenvalue weighted by atomic mass is 9.92. The topological polar surface area (TPSA) is 67.8 Å². The summed E-state index contributed by atoms with van der Waals surface area (Å²) in [5.41, 5.74) is 0. The molecule has 1 rings (SSSR count). The van der Waals surface area contributed by atoms with Crippen molar-refractivity contribution in [1.82, 2.24) is 0 Å². The maximum atomic E-state index is 8.79. The molecular weight excluding hydrogens is 152 g/mol. The standard InChI is InChI=1S/C9H10N2O/c10-4-9(5-11)8-2-1-7(3-8)6-12/h1-2,7-9,12H,3,6H2. The van der Waals surface area contributed by atoms with E-state index in [1.165, 1.54) is 0 Å². The van der Waals surface area contributed by atoms with Gasteiger partial charge in [0.05, 0.1) is 12.1 Å². The molecule has 0 aliphatic heterocycles. The first kappa shape index (κ1) is 8.77. The maximum Gasteiger partial charge on any atom is 0.139 e. The number of allylic oxidation sites excluding steroid dienone is 1. The van der Waals surface area contributed by atoms with Crippen LogP contribution in [-0.2, 0) is 0 Å². The average molecular weight is 162 g/mol. The molecule has 2 atom stereocenters. The van der Waals surface area contributed by atoms with Gasteiger partial charge < -0.3 is 5.11 Å². The number of aliphatic hydroxyl groups is 1. The lowest BCUT2D eigenvalue weighted by molar-refractivity contribution is 0.242. The summed E-state index contributed by atoms with van der Waals surface area (Å²) in [5, 5.41) is 25.9. The molecule has 1 N–H and O–H groups in total. The largest absolute Gasteiger partial charge is 0.396 e. The molecule has 1 aliphatic carbocycles. The molecule has 1 aliphatic rings. The Morgan fingerprint density at radius 2 is 2.08 bits per heavy atom. The SMILES string of the molecule is N#CC(C#N)C1C=CC(CO)C1. The molecule has 3 nitrogen and oxygen atoms in total. The van der Waals surface area contributed by atoms with E-state index in [2.05, 4.69) is 0 Å². The zero-order valence-corrected chi connectivity index (χ0v) is 6.64. The zero-order valence-electron chi connectivity index (χ0n) is 6.64. The predicted octanol–water partition coefficient (Wildman–Crippen LogP) is 0.834. The molecule has 0 amide bonds. The highest BCUT2D eigenvalue weighted by atomic mass is 16.3. The van der Waals surface area contributed by atoms with Crippen molar-refractivity contribution in [3.63, 3.8) is 0 Å². The van der Waals surface area contributed by atoms with Crippen molar-refractivity contribution >= 4 is 0 Å². The maximum absolute atomic E-state index is 8.79. The Bertz CT molecular complexity index is 245. The minimum absolute atomic E-state index is 0.0112. The molecule has 0 fully saturated rings. The van der Waals surface area contributed by atoms with Gasteiger partial charge in [-0.3, -0.25) is 0 Å². The first-order valence-corrected chi connectivity index (χ1v) is 3.90. The van der Waals surface area contributed by atoms with Gasteiger partial charge in [0.15, 0.2) is 0 Å². The first-order chi connectivity index (χ1) is 5.81. The molecule has 0 heterocycles. The van der Waals surface area contributed by atoms with Crippen LogP contribution in [0.4, 0.5) is 0 Å². The van der Waals surface area contributed by atoms with Gasteiger partial charge in [-0.15, -0.1) is 0 Å². The highest BCUT2D eigenvalue weighted by molar-refractivity contribution is 5.13. The van der Waals surface area contributed by atoms with Gasteiger partial charge in [-0.2, -0.15) is 10.5 Å². The van der Waals surface area contributed by atoms with Crippen LogP contribution >= 0.6 is 0 Å². The van der Waals surface area contributed by atoms with E-state index in [0.29, 0.717) is 0 Å². The highest BCUT2D eigenvalue weighted by Gasteiger charge is 2.25. The quantitative estimate of drug-likeness (QED) is 0.611. The van der Waals surface area contributed by atoms with Gasteiger partial charge in [0.2, 0.25) is 0 Å². The fraction of sp³-hybridized carbons (Fsp3) is 0.556. The van der Waals surface area contributed by atoms with E-state index in [9.17, 15) is 0 Å². The minimum atomic E-state index is -0.558. The summed E-state index contributed by atoms with van der Waals surface area (Å²) in [4.78, 5) is 0. The molecule has 0 aromatic heterocycles. The molecule has 12 heavy (non-hydrogen) atoms. The number of nitrogens with zero attached hydrogens (tertiary/aromatic N) is 2. The lowest BCUT2D eigenvalue weighted by Crippen LogP contribution is -2.09. The summed E-state index contributed by atoms with van der Waals surface area (Å²) in [5.74, 6) is -0.408. The van der Waals surface area contributed by atoms with Crippen molar-refractivity contribution in [1.29, 1.82) is 10.5 Å². The highest BCUT2D eigenvalue weighted by Crippen LogP contribution is 2.28. The predicted molar refractivity (Wildman–Crippen MR) is 42.5 cm³/mol. The Morgan fingerprint density at radius 1 is 1.42 bits per heavy atom. The molecule has 0 saturated heterocycles. The normalized spacial score (nSPS) is 27.0.